The first-order valence-corrected chi connectivity index (χ1v) is 6.83. The summed E-state index contributed by atoms with van der Waals surface area (Å²) in [6.07, 6.45) is 0. The minimum absolute atomic E-state index is 0.254. The van der Waals surface area contributed by atoms with Gasteiger partial charge in [-0.25, -0.2) is 4.39 Å². The van der Waals surface area contributed by atoms with Gasteiger partial charge in [0.25, 0.3) is 0 Å². The highest BCUT2D eigenvalue weighted by molar-refractivity contribution is 9.09. The molecule has 0 aliphatic carbocycles. The molecule has 0 radical (unpaired) electrons. The van der Waals surface area contributed by atoms with Gasteiger partial charge in [-0.2, -0.15) is 0 Å². The lowest BCUT2D eigenvalue weighted by molar-refractivity contribution is 0.223. The quantitative estimate of drug-likeness (QED) is 0.747. The molecule has 1 aromatic rings. The van der Waals surface area contributed by atoms with Gasteiger partial charge in [-0.1, -0.05) is 28.1 Å². The van der Waals surface area contributed by atoms with Crippen molar-refractivity contribution >= 4 is 15.9 Å². The highest BCUT2D eigenvalue weighted by Crippen LogP contribution is 2.21. The maximum atomic E-state index is 14.0. The smallest absolute Gasteiger partial charge is 0.169 e. The fourth-order valence-corrected chi connectivity index (χ4v) is 2.14. The molecule has 0 spiro atoms. The number of benzene rings is 1. The molecule has 0 amide bonds. The Morgan fingerprint density at radius 3 is 2.65 bits per heavy atom. The first-order chi connectivity index (χ1) is 8.10. The van der Waals surface area contributed by atoms with Crippen LogP contribution in [-0.4, -0.2) is 29.9 Å². The maximum absolute atomic E-state index is 14.0. The van der Waals surface area contributed by atoms with Gasteiger partial charge in [0.1, 0.15) is 0 Å². The van der Waals surface area contributed by atoms with E-state index in [9.17, 15) is 4.39 Å². The van der Waals surface area contributed by atoms with E-state index in [0.717, 1.165) is 11.9 Å². The molecule has 0 N–H and O–H groups in total. The summed E-state index contributed by atoms with van der Waals surface area (Å²) in [6, 6.07) is 5.66. The van der Waals surface area contributed by atoms with Crippen molar-refractivity contribution in [3.8, 4) is 5.75 Å². The molecule has 0 saturated carbocycles. The molecule has 0 aliphatic heterocycles. The topological polar surface area (TPSA) is 12.5 Å². The fourth-order valence-electron chi connectivity index (χ4n) is 1.68. The molecule has 4 heteroatoms. The predicted molar refractivity (Wildman–Crippen MR) is 72.3 cm³/mol. The summed E-state index contributed by atoms with van der Waals surface area (Å²) in [5, 5.41) is 0.886. The van der Waals surface area contributed by atoms with Crippen molar-refractivity contribution in [2.75, 3.05) is 19.0 Å². The van der Waals surface area contributed by atoms with Gasteiger partial charge in [0, 0.05) is 30.0 Å². The Labute approximate surface area is 111 Å². The highest BCUT2D eigenvalue weighted by Gasteiger charge is 2.14. The first-order valence-electron chi connectivity index (χ1n) is 5.71. The van der Waals surface area contributed by atoms with Crippen LogP contribution in [0.25, 0.3) is 0 Å². The van der Waals surface area contributed by atoms with E-state index in [1.165, 1.54) is 7.11 Å². The van der Waals surface area contributed by atoms with Crippen molar-refractivity contribution in [3.05, 3.63) is 29.6 Å². The lowest BCUT2D eigenvalue weighted by atomic mass is 10.1. The SMILES string of the molecule is COc1cccc(CN(CCBr)C(C)C)c1F. The standard InChI is InChI=1S/C13H19BrFNO/c1-10(2)16(8-7-14)9-11-5-4-6-12(17-3)13(11)15/h4-6,10H,7-9H2,1-3H3. The zero-order valence-corrected chi connectivity index (χ0v) is 12.1. The van der Waals surface area contributed by atoms with E-state index in [0.29, 0.717) is 23.9 Å². The number of hydrogen-bond acceptors (Lipinski definition) is 2. The van der Waals surface area contributed by atoms with E-state index < -0.39 is 0 Å². The van der Waals surface area contributed by atoms with Crippen molar-refractivity contribution in [1.29, 1.82) is 0 Å². The van der Waals surface area contributed by atoms with Gasteiger partial charge in [-0.15, -0.1) is 0 Å². The summed E-state index contributed by atoms with van der Waals surface area (Å²) in [7, 11) is 1.49. The molecule has 0 atom stereocenters. The second-order valence-electron chi connectivity index (χ2n) is 4.19. The molecule has 0 unspecified atom stereocenters. The van der Waals surface area contributed by atoms with Crippen LogP contribution in [0.1, 0.15) is 19.4 Å². The second-order valence-corrected chi connectivity index (χ2v) is 4.98. The van der Waals surface area contributed by atoms with Gasteiger partial charge < -0.3 is 4.74 Å². The number of ether oxygens (including phenoxy) is 1. The largest absolute Gasteiger partial charge is 0.494 e. The lowest BCUT2D eigenvalue weighted by Crippen LogP contribution is -2.32. The Kier molecular flexibility index (Phi) is 5.92. The van der Waals surface area contributed by atoms with Crippen molar-refractivity contribution in [2.45, 2.75) is 26.4 Å². The first kappa shape index (κ1) is 14.5. The predicted octanol–water partition coefficient (Wildman–Crippen LogP) is 3.44. The molecule has 2 nitrogen and oxygen atoms in total. The third kappa shape index (κ3) is 3.96. The fraction of sp³-hybridized carbons (Fsp3) is 0.538. The second kappa shape index (κ2) is 6.97. The van der Waals surface area contributed by atoms with Gasteiger partial charge >= 0.3 is 0 Å². The van der Waals surface area contributed by atoms with Crippen LogP contribution in [0.2, 0.25) is 0 Å². The number of halogens is 2. The normalized spacial score (nSPS) is 11.2. The molecule has 0 fully saturated rings. The number of methoxy groups -OCH3 is 1. The van der Waals surface area contributed by atoms with Crippen LogP contribution in [0.5, 0.6) is 5.75 Å². The molecule has 0 heterocycles. The van der Waals surface area contributed by atoms with Crippen LogP contribution in [-0.2, 0) is 6.54 Å². The average molecular weight is 304 g/mol. The van der Waals surface area contributed by atoms with Crippen LogP contribution in [0, 0.1) is 5.82 Å². The minimum atomic E-state index is -0.254. The molecule has 0 saturated heterocycles. The highest BCUT2D eigenvalue weighted by atomic mass is 79.9. The number of hydrogen-bond donors (Lipinski definition) is 0. The molecule has 96 valence electrons. The number of alkyl halides is 1. The minimum Gasteiger partial charge on any atom is -0.494 e. The van der Waals surface area contributed by atoms with Gasteiger partial charge in [0.15, 0.2) is 11.6 Å². The molecule has 1 rings (SSSR count). The monoisotopic (exact) mass is 303 g/mol. The molecular formula is C13H19BrFNO. The van der Waals surface area contributed by atoms with Gasteiger partial charge in [-0.05, 0) is 19.9 Å². The van der Waals surface area contributed by atoms with Crippen molar-refractivity contribution in [2.24, 2.45) is 0 Å². The maximum Gasteiger partial charge on any atom is 0.169 e. The van der Waals surface area contributed by atoms with E-state index in [4.69, 9.17) is 4.74 Å². The molecule has 0 aromatic heterocycles. The third-order valence-corrected chi connectivity index (χ3v) is 3.09. The van der Waals surface area contributed by atoms with Crippen molar-refractivity contribution < 1.29 is 9.13 Å². The summed E-state index contributed by atoms with van der Waals surface area (Å²) in [6.45, 7) is 5.72. The van der Waals surface area contributed by atoms with Crippen LogP contribution < -0.4 is 4.74 Å². The van der Waals surface area contributed by atoms with E-state index >= 15 is 0 Å². The van der Waals surface area contributed by atoms with Crippen LogP contribution in [0.3, 0.4) is 0 Å². The molecule has 0 bridgehead atoms. The summed E-state index contributed by atoms with van der Waals surface area (Å²) in [4.78, 5) is 2.21. The van der Waals surface area contributed by atoms with E-state index in [-0.39, 0.29) is 5.82 Å². The number of nitrogens with zero attached hydrogens (tertiary/aromatic N) is 1. The van der Waals surface area contributed by atoms with Gasteiger partial charge in [0.05, 0.1) is 7.11 Å². The van der Waals surface area contributed by atoms with Gasteiger partial charge in [-0.3, -0.25) is 4.90 Å². The Morgan fingerprint density at radius 1 is 1.41 bits per heavy atom. The molecule has 1 aromatic carbocycles. The molecular weight excluding hydrogens is 285 g/mol. The van der Waals surface area contributed by atoms with Crippen LogP contribution in [0.4, 0.5) is 4.39 Å². The summed E-state index contributed by atoms with van der Waals surface area (Å²) in [5.74, 6) is 0.0558. The molecule has 0 aliphatic rings. The molecule has 17 heavy (non-hydrogen) atoms. The lowest BCUT2D eigenvalue weighted by Gasteiger charge is -2.26. The Bertz CT molecular complexity index is 357. The summed E-state index contributed by atoms with van der Waals surface area (Å²) >= 11 is 3.42. The van der Waals surface area contributed by atoms with E-state index in [1.807, 2.05) is 12.1 Å². The van der Waals surface area contributed by atoms with Gasteiger partial charge in [0.2, 0.25) is 0 Å². The Hall–Kier alpha value is -0.610. The summed E-state index contributed by atoms with van der Waals surface area (Å²) in [5.41, 5.74) is 0.680. The van der Waals surface area contributed by atoms with E-state index in [1.54, 1.807) is 6.07 Å². The zero-order valence-electron chi connectivity index (χ0n) is 10.5. The average Bonchev–Trinajstić information content (AvgIpc) is 2.30. The van der Waals surface area contributed by atoms with Crippen molar-refractivity contribution in [1.82, 2.24) is 4.90 Å². The zero-order chi connectivity index (χ0) is 12.8. The van der Waals surface area contributed by atoms with Crippen LogP contribution in [0.15, 0.2) is 18.2 Å². The van der Waals surface area contributed by atoms with Crippen molar-refractivity contribution in [3.63, 3.8) is 0 Å². The van der Waals surface area contributed by atoms with Crippen LogP contribution >= 0.6 is 15.9 Å². The Balaban J connectivity index is 2.85. The number of rotatable bonds is 6. The summed E-state index contributed by atoms with van der Waals surface area (Å²) < 4.78 is 19.0. The van der Waals surface area contributed by atoms with E-state index in [2.05, 4.69) is 34.7 Å². The third-order valence-electron chi connectivity index (χ3n) is 2.74. The Morgan fingerprint density at radius 2 is 2.12 bits per heavy atom.